The van der Waals surface area contributed by atoms with Crippen LogP contribution in [0.2, 0.25) is 0 Å². The molecule has 222 valence electrons. The summed E-state index contributed by atoms with van der Waals surface area (Å²) in [5, 5.41) is 4.78. The third-order valence-electron chi connectivity index (χ3n) is 9.71. The second-order valence-electron chi connectivity index (χ2n) is 12.9. The number of rotatable bonds is 4. The number of fused-ring (bicyclic) bond motifs is 5. The number of nitrogens with zero attached hydrogens (tertiary/aromatic N) is 3. The third-order valence-corrected chi connectivity index (χ3v) is 9.71. The molecule has 9 rings (SSSR count). The first-order valence-electron chi connectivity index (χ1n) is 16.1. The summed E-state index contributed by atoms with van der Waals surface area (Å²) in [6.07, 6.45) is 0. The lowest BCUT2D eigenvalue weighted by atomic mass is 9.82. The molecule has 0 N–H and O–H groups in total. The quantitative estimate of drug-likeness (QED) is 0.201. The summed E-state index contributed by atoms with van der Waals surface area (Å²) in [6.45, 7) is 4.61. The molecule has 0 atom stereocenters. The highest BCUT2D eigenvalue weighted by atomic mass is 15.0. The summed E-state index contributed by atoms with van der Waals surface area (Å²) < 4.78 is 0. The van der Waals surface area contributed by atoms with Crippen molar-refractivity contribution in [2.45, 2.75) is 19.3 Å². The lowest BCUT2D eigenvalue weighted by Gasteiger charge is -2.21. The number of hydrogen-bond acceptors (Lipinski definition) is 3. The molecule has 3 nitrogen and oxygen atoms in total. The molecular formula is C44H31N3. The van der Waals surface area contributed by atoms with Crippen molar-refractivity contribution in [2.75, 3.05) is 0 Å². The summed E-state index contributed by atoms with van der Waals surface area (Å²) in [4.78, 5) is 15.4. The van der Waals surface area contributed by atoms with Gasteiger partial charge in [0.1, 0.15) is 0 Å². The zero-order chi connectivity index (χ0) is 31.5. The molecule has 0 amide bonds. The van der Waals surface area contributed by atoms with Gasteiger partial charge in [-0.2, -0.15) is 0 Å². The van der Waals surface area contributed by atoms with Crippen molar-refractivity contribution in [1.29, 1.82) is 0 Å². The van der Waals surface area contributed by atoms with Crippen LogP contribution < -0.4 is 0 Å². The van der Waals surface area contributed by atoms with Gasteiger partial charge in [0.05, 0.1) is 0 Å². The molecular weight excluding hydrogens is 571 g/mol. The van der Waals surface area contributed by atoms with E-state index in [0.717, 1.165) is 27.6 Å². The fraction of sp³-hybridized carbons (Fsp3) is 0.0682. The van der Waals surface area contributed by atoms with Gasteiger partial charge < -0.3 is 0 Å². The standard InChI is InChI=1S/C44H31N3/c1-44(2)39-22-11-10-20-36(39)38-26-31(23-24-40(38)44)42-45-41(29-14-4-3-5-15-29)46-43(47-42)32-25-30-16-7-9-19-34(30)37(27-32)35-21-12-17-28-13-6-8-18-33(28)35/h3-27H,1-2H3. The second kappa shape index (κ2) is 10.6. The van der Waals surface area contributed by atoms with Crippen LogP contribution >= 0.6 is 0 Å². The average Bonchev–Trinajstić information content (AvgIpc) is 3.36. The van der Waals surface area contributed by atoms with E-state index in [2.05, 4.69) is 147 Å². The van der Waals surface area contributed by atoms with Crippen molar-refractivity contribution < 1.29 is 0 Å². The van der Waals surface area contributed by atoms with Crippen LogP contribution in [-0.4, -0.2) is 15.0 Å². The second-order valence-corrected chi connectivity index (χ2v) is 12.9. The summed E-state index contributed by atoms with van der Waals surface area (Å²) in [6, 6.07) is 53.8. The Kier molecular flexibility index (Phi) is 6.16. The van der Waals surface area contributed by atoms with E-state index in [1.54, 1.807) is 0 Å². The van der Waals surface area contributed by atoms with E-state index < -0.39 is 0 Å². The zero-order valence-electron chi connectivity index (χ0n) is 26.3. The Hall–Kier alpha value is -5.93. The van der Waals surface area contributed by atoms with Gasteiger partial charge in [-0.15, -0.1) is 0 Å². The Balaban J connectivity index is 1.28. The SMILES string of the molecule is CC1(C)c2ccccc2-c2cc(-c3nc(-c4ccccc4)nc(-c4cc(-c5cccc6ccccc56)c5ccccc5c4)n3)ccc21. The van der Waals surface area contributed by atoms with Crippen LogP contribution in [0.5, 0.6) is 0 Å². The van der Waals surface area contributed by atoms with Gasteiger partial charge in [0.15, 0.2) is 17.5 Å². The Morgan fingerprint density at radius 2 is 0.915 bits per heavy atom. The fourth-order valence-corrected chi connectivity index (χ4v) is 7.33. The van der Waals surface area contributed by atoms with Gasteiger partial charge in [0, 0.05) is 22.1 Å². The van der Waals surface area contributed by atoms with Gasteiger partial charge in [0.2, 0.25) is 0 Å². The van der Waals surface area contributed by atoms with Crippen molar-refractivity contribution in [3.8, 4) is 56.4 Å². The Morgan fingerprint density at radius 1 is 0.362 bits per heavy atom. The number of aromatic nitrogens is 3. The lowest BCUT2D eigenvalue weighted by Crippen LogP contribution is -2.14. The highest BCUT2D eigenvalue weighted by Crippen LogP contribution is 2.49. The van der Waals surface area contributed by atoms with Gasteiger partial charge in [-0.1, -0.05) is 147 Å². The van der Waals surface area contributed by atoms with Gasteiger partial charge >= 0.3 is 0 Å². The fourth-order valence-electron chi connectivity index (χ4n) is 7.33. The molecule has 0 radical (unpaired) electrons. The minimum absolute atomic E-state index is 0.0625. The van der Waals surface area contributed by atoms with Crippen LogP contribution in [0.1, 0.15) is 25.0 Å². The van der Waals surface area contributed by atoms with E-state index in [1.807, 2.05) is 18.2 Å². The predicted molar refractivity (Wildman–Crippen MR) is 194 cm³/mol. The third kappa shape index (κ3) is 4.46. The molecule has 0 saturated heterocycles. The van der Waals surface area contributed by atoms with Crippen LogP contribution in [0.4, 0.5) is 0 Å². The Bertz CT molecular complexity index is 2490. The molecule has 7 aromatic carbocycles. The maximum Gasteiger partial charge on any atom is 0.164 e. The molecule has 47 heavy (non-hydrogen) atoms. The van der Waals surface area contributed by atoms with Gasteiger partial charge in [-0.3, -0.25) is 0 Å². The molecule has 8 aromatic rings. The highest BCUT2D eigenvalue weighted by molar-refractivity contribution is 6.07. The maximum absolute atomic E-state index is 5.20. The molecule has 1 aliphatic rings. The number of hydrogen-bond donors (Lipinski definition) is 0. The van der Waals surface area contributed by atoms with E-state index in [0.29, 0.717) is 17.5 Å². The molecule has 0 saturated carbocycles. The average molecular weight is 602 g/mol. The highest BCUT2D eigenvalue weighted by Gasteiger charge is 2.35. The smallest absolute Gasteiger partial charge is 0.164 e. The Labute approximate surface area is 274 Å². The van der Waals surface area contributed by atoms with Gasteiger partial charge in [-0.05, 0) is 73.1 Å². The predicted octanol–water partition coefficient (Wildman–Crippen LogP) is 11.2. The van der Waals surface area contributed by atoms with E-state index >= 15 is 0 Å². The molecule has 0 aliphatic heterocycles. The largest absolute Gasteiger partial charge is 0.208 e. The molecule has 3 heteroatoms. The van der Waals surface area contributed by atoms with Gasteiger partial charge in [-0.25, -0.2) is 15.0 Å². The summed E-state index contributed by atoms with van der Waals surface area (Å²) >= 11 is 0. The van der Waals surface area contributed by atoms with Crippen LogP contribution in [0.15, 0.2) is 152 Å². The molecule has 0 spiro atoms. The van der Waals surface area contributed by atoms with Gasteiger partial charge in [0.25, 0.3) is 0 Å². The Morgan fingerprint density at radius 3 is 1.72 bits per heavy atom. The van der Waals surface area contributed by atoms with Crippen molar-refractivity contribution >= 4 is 21.5 Å². The molecule has 1 aliphatic carbocycles. The first-order valence-corrected chi connectivity index (χ1v) is 16.1. The number of benzene rings is 7. The molecule has 0 fully saturated rings. The maximum atomic E-state index is 5.20. The normalized spacial score (nSPS) is 13.1. The van der Waals surface area contributed by atoms with Crippen LogP contribution in [0.3, 0.4) is 0 Å². The van der Waals surface area contributed by atoms with E-state index in [-0.39, 0.29) is 5.41 Å². The summed E-state index contributed by atoms with van der Waals surface area (Å²) in [5.74, 6) is 1.98. The van der Waals surface area contributed by atoms with Crippen LogP contribution in [-0.2, 0) is 5.41 Å². The first kappa shape index (κ1) is 27.4. The van der Waals surface area contributed by atoms with E-state index in [9.17, 15) is 0 Å². The molecule has 0 unspecified atom stereocenters. The first-order chi connectivity index (χ1) is 23.0. The monoisotopic (exact) mass is 601 g/mol. The van der Waals surface area contributed by atoms with Crippen molar-refractivity contribution in [3.05, 3.63) is 163 Å². The van der Waals surface area contributed by atoms with Crippen LogP contribution in [0, 0.1) is 0 Å². The molecule has 1 heterocycles. The van der Waals surface area contributed by atoms with Crippen molar-refractivity contribution in [3.63, 3.8) is 0 Å². The summed E-state index contributed by atoms with van der Waals surface area (Å²) in [7, 11) is 0. The summed E-state index contributed by atoms with van der Waals surface area (Å²) in [5.41, 5.74) is 10.4. The molecule has 0 bridgehead atoms. The minimum Gasteiger partial charge on any atom is -0.208 e. The minimum atomic E-state index is -0.0625. The van der Waals surface area contributed by atoms with Crippen LogP contribution in [0.25, 0.3) is 78.0 Å². The lowest BCUT2D eigenvalue weighted by molar-refractivity contribution is 0.660. The van der Waals surface area contributed by atoms with Crippen molar-refractivity contribution in [2.24, 2.45) is 0 Å². The topological polar surface area (TPSA) is 38.7 Å². The zero-order valence-corrected chi connectivity index (χ0v) is 26.3. The van der Waals surface area contributed by atoms with E-state index in [4.69, 9.17) is 15.0 Å². The van der Waals surface area contributed by atoms with Crippen molar-refractivity contribution in [1.82, 2.24) is 15.0 Å². The van der Waals surface area contributed by atoms with E-state index in [1.165, 1.54) is 44.0 Å². The molecule has 1 aromatic heterocycles.